The molecule has 0 N–H and O–H groups in total. The van der Waals surface area contributed by atoms with E-state index in [-0.39, 0.29) is 5.78 Å². The van der Waals surface area contributed by atoms with E-state index in [4.69, 9.17) is 0 Å². The van der Waals surface area contributed by atoms with E-state index in [0.717, 1.165) is 16.7 Å². The normalized spacial score (nSPS) is 16.9. The average Bonchev–Trinajstić information content (AvgIpc) is 3.10. The number of rotatable bonds is 5. The van der Waals surface area contributed by atoms with Gasteiger partial charge in [-0.3, -0.25) is 9.69 Å². The molecule has 0 spiro atoms. The second kappa shape index (κ2) is 7.37. The number of thiophene rings is 1. The van der Waals surface area contributed by atoms with Crippen LogP contribution in [0.5, 0.6) is 0 Å². The number of Topliss-reactive ketones (excluding diaryl/α,β-unsaturated/α-hetero) is 1. The van der Waals surface area contributed by atoms with E-state index in [2.05, 4.69) is 0 Å². The Morgan fingerprint density at radius 3 is 2.44 bits per heavy atom. The molecule has 25 heavy (non-hydrogen) atoms. The van der Waals surface area contributed by atoms with Crippen molar-refractivity contribution in [1.29, 1.82) is 0 Å². The Hall–Kier alpha value is -1.54. The summed E-state index contributed by atoms with van der Waals surface area (Å²) in [7, 11) is -3.39. The van der Waals surface area contributed by atoms with Crippen LogP contribution in [0.25, 0.3) is 0 Å². The van der Waals surface area contributed by atoms with Crippen molar-refractivity contribution in [1.82, 2.24) is 9.21 Å². The third-order valence-electron chi connectivity index (χ3n) is 4.47. The third-order valence-corrected chi connectivity index (χ3v) is 7.74. The highest BCUT2D eigenvalue weighted by Crippen LogP contribution is 2.22. The molecule has 1 aromatic heterocycles. The van der Waals surface area contributed by atoms with Crippen molar-refractivity contribution in [2.24, 2.45) is 0 Å². The van der Waals surface area contributed by atoms with E-state index in [1.165, 1.54) is 15.6 Å². The van der Waals surface area contributed by atoms with Crippen LogP contribution in [0.15, 0.2) is 39.9 Å². The van der Waals surface area contributed by atoms with Gasteiger partial charge in [0.05, 0.1) is 6.54 Å². The van der Waals surface area contributed by atoms with Gasteiger partial charge in [-0.15, -0.1) is 11.3 Å². The molecule has 134 valence electrons. The summed E-state index contributed by atoms with van der Waals surface area (Å²) in [5.74, 6) is 0.0899. The molecule has 0 radical (unpaired) electrons. The number of hydrogen-bond acceptors (Lipinski definition) is 5. The summed E-state index contributed by atoms with van der Waals surface area (Å²) in [6, 6.07) is 9.22. The van der Waals surface area contributed by atoms with Crippen LogP contribution in [-0.4, -0.2) is 56.1 Å². The van der Waals surface area contributed by atoms with Crippen molar-refractivity contribution in [3.8, 4) is 0 Å². The van der Waals surface area contributed by atoms with Gasteiger partial charge in [-0.05, 0) is 30.9 Å². The molecule has 1 aliphatic heterocycles. The molecule has 1 aromatic carbocycles. The highest BCUT2D eigenvalue weighted by molar-refractivity contribution is 7.91. The topological polar surface area (TPSA) is 57.7 Å². The molecule has 2 aromatic rings. The average molecular weight is 379 g/mol. The molecule has 0 aliphatic carbocycles. The third kappa shape index (κ3) is 4.00. The predicted octanol–water partition coefficient (Wildman–Crippen LogP) is 2.55. The van der Waals surface area contributed by atoms with Crippen LogP contribution >= 0.6 is 11.3 Å². The Balaban J connectivity index is 1.60. The molecule has 0 amide bonds. The maximum absolute atomic E-state index is 12.5. The molecular formula is C18H22N2O3S2. The smallest absolute Gasteiger partial charge is 0.252 e. The lowest BCUT2D eigenvalue weighted by Crippen LogP contribution is -2.49. The molecule has 0 unspecified atom stereocenters. The monoisotopic (exact) mass is 378 g/mol. The van der Waals surface area contributed by atoms with Crippen molar-refractivity contribution in [2.45, 2.75) is 18.1 Å². The molecule has 0 atom stereocenters. The molecule has 1 fully saturated rings. The quantitative estimate of drug-likeness (QED) is 0.751. The molecule has 5 nitrogen and oxygen atoms in total. The first-order valence-electron chi connectivity index (χ1n) is 8.24. The number of piperazine rings is 1. The van der Waals surface area contributed by atoms with Crippen LogP contribution < -0.4 is 0 Å². The van der Waals surface area contributed by atoms with E-state index >= 15 is 0 Å². The number of hydrogen-bond donors (Lipinski definition) is 0. The van der Waals surface area contributed by atoms with Gasteiger partial charge in [-0.2, -0.15) is 4.31 Å². The van der Waals surface area contributed by atoms with Crippen molar-refractivity contribution < 1.29 is 13.2 Å². The van der Waals surface area contributed by atoms with Crippen LogP contribution in [0.2, 0.25) is 0 Å². The predicted molar refractivity (Wildman–Crippen MR) is 99.8 cm³/mol. The van der Waals surface area contributed by atoms with Crippen LogP contribution in [0.4, 0.5) is 0 Å². The second-order valence-electron chi connectivity index (χ2n) is 6.35. The molecule has 1 aliphatic rings. The number of carbonyl (C=O) groups is 1. The SMILES string of the molecule is Cc1ccc(C(=O)CN2CCN(S(=O)(=O)c3cccs3)CC2)c(C)c1. The fourth-order valence-electron chi connectivity index (χ4n) is 3.08. The number of ketones is 1. The van der Waals surface area contributed by atoms with Crippen LogP contribution in [0.3, 0.4) is 0 Å². The van der Waals surface area contributed by atoms with Gasteiger partial charge in [0.2, 0.25) is 0 Å². The summed E-state index contributed by atoms with van der Waals surface area (Å²) < 4.78 is 26.9. The number of sulfonamides is 1. The Kier molecular flexibility index (Phi) is 5.38. The van der Waals surface area contributed by atoms with E-state index < -0.39 is 10.0 Å². The molecule has 1 saturated heterocycles. The lowest BCUT2D eigenvalue weighted by atomic mass is 10.0. The van der Waals surface area contributed by atoms with Crippen molar-refractivity contribution in [3.05, 3.63) is 52.4 Å². The van der Waals surface area contributed by atoms with Gasteiger partial charge in [0.15, 0.2) is 5.78 Å². The lowest BCUT2D eigenvalue weighted by Gasteiger charge is -2.33. The Morgan fingerprint density at radius 1 is 1.12 bits per heavy atom. The summed E-state index contributed by atoms with van der Waals surface area (Å²) >= 11 is 1.24. The van der Waals surface area contributed by atoms with Gasteiger partial charge in [0.1, 0.15) is 4.21 Å². The fraction of sp³-hybridized carbons (Fsp3) is 0.389. The highest BCUT2D eigenvalue weighted by atomic mass is 32.2. The van der Waals surface area contributed by atoms with E-state index in [1.807, 2.05) is 36.9 Å². The van der Waals surface area contributed by atoms with E-state index in [9.17, 15) is 13.2 Å². The van der Waals surface area contributed by atoms with Gasteiger partial charge >= 0.3 is 0 Å². The summed E-state index contributed by atoms with van der Waals surface area (Å²) in [6.45, 7) is 6.26. The first-order chi connectivity index (χ1) is 11.9. The van der Waals surface area contributed by atoms with E-state index in [1.54, 1.807) is 17.5 Å². The zero-order chi connectivity index (χ0) is 18.0. The minimum Gasteiger partial charge on any atom is -0.293 e. The minimum atomic E-state index is -3.39. The second-order valence-corrected chi connectivity index (χ2v) is 9.47. The Labute approximate surface area is 152 Å². The zero-order valence-corrected chi connectivity index (χ0v) is 16.1. The van der Waals surface area contributed by atoms with Crippen LogP contribution in [0, 0.1) is 13.8 Å². The van der Waals surface area contributed by atoms with Crippen molar-refractivity contribution in [2.75, 3.05) is 32.7 Å². The summed E-state index contributed by atoms with van der Waals surface area (Å²) in [5.41, 5.74) is 2.88. The van der Waals surface area contributed by atoms with E-state index in [0.29, 0.717) is 36.9 Å². The molecule has 3 rings (SSSR count). The Bertz CT molecular complexity index is 852. The maximum atomic E-state index is 12.5. The van der Waals surface area contributed by atoms with Gasteiger partial charge in [0.25, 0.3) is 10.0 Å². The Morgan fingerprint density at radius 2 is 1.84 bits per heavy atom. The standard InChI is InChI=1S/C18H22N2O3S2/c1-14-5-6-16(15(2)12-14)17(21)13-19-7-9-20(10-8-19)25(22,23)18-4-3-11-24-18/h3-6,11-12H,7-10,13H2,1-2H3. The van der Waals surface area contributed by atoms with Crippen molar-refractivity contribution >= 4 is 27.1 Å². The van der Waals surface area contributed by atoms with Gasteiger partial charge in [-0.25, -0.2) is 8.42 Å². The number of benzene rings is 1. The van der Waals surface area contributed by atoms with Crippen molar-refractivity contribution in [3.63, 3.8) is 0 Å². The summed E-state index contributed by atoms with van der Waals surface area (Å²) in [5, 5.41) is 1.77. The van der Waals surface area contributed by atoms with Crippen LogP contribution in [0.1, 0.15) is 21.5 Å². The largest absolute Gasteiger partial charge is 0.293 e. The van der Waals surface area contributed by atoms with Gasteiger partial charge in [-0.1, -0.05) is 29.8 Å². The number of carbonyl (C=O) groups excluding carboxylic acids is 1. The van der Waals surface area contributed by atoms with Gasteiger partial charge in [0, 0.05) is 31.7 Å². The zero-order valence-electron chi connectivity index (χ0n) is 14.4. The molecule has 0 saturated carbocycles. The maximum Gasteiger partial charge on any atom is 0.252 e. The molecule has 0 bridgehead atoms. The first-order valence-corrected chi connectivity index (χ1v) is 10.6. The summed E-state index contributed by atoms with van der Waals surface area (Å²) in [4.78, 5) is 14.6. The molecule has 2 heterocycles. The first kappa shape index (κ1) is 18.3. The molecular weight excluding hydrogens is 356 g/mol. The lowest BCUT2D eigenvalue weighted by molar-refractivity contribution is 0.0901. The fourth-order valence-corrected chi connectivity index (χ4v) is 5.65. The van der Waals surface area contributed by atoms with Crippen LogP contribution in [-0.2, 0) is 10.0 Å². The molecule has 7 heteroatoms. The number of aryl methyl sites for hydroxylation is 2. The summed E-state index contributed by atoms with van der Waals surface area (Å²) in [6.07, 6.45) is 0. The van der Waals surface area contributed by atoms with Gasteiger partial charge < -0.3 is 0 Å². The highest BCUT2D eigenvalue weighted by Gasteiger charge is 2.29. The number of nitrogens with zero attached hydrogens (tertiary/aromatic N) is 2. The minimum absolute atomic E-state index is 0.0899.